The van der Waals surface area contributed by atoms with Crippen LogP contribution in [-0.4, -0.2) is 49.9 Å². The molecule has 3 aromatic rings. The molecule has 29 heavy (non-hydrogen) atoms. The number of rotatable bonds is 5. The largest absolute Gasteiger partial charge is 0.350 e. The molecule has 0 saturated carbocycles. The third kappa shape index (κ3) is 4.22. The highest BCUT2D eigenvalue weighted by atomic mass is 16.2. The molecule has 1 atom stereocenters. The van der Waals surface area contributed by atoms with Gasteiger partial charge in [0.1, 0.15) is 17.6 Å². The molecule has 1 aromatic carbocycles. The number of fused-ring (bicyclic) bond motifs is 1. The first-order valence-electron chi connectivity index (χ1n) is 9.56. The van der Waals surface area contributed by atoms with E-state index in [9.17, 15) is 9.59 Å². The Hall–Kier alpha value is -3.39. The number of nitrogens with one attached hydrogen (secondary N) is 2. The minimum absolute atomic E-state index is 0.0148. The number of nitrogens with zero attached hydrogens (tertiary/aromatic N) is 4. The van der Waals surface area contributed by atoms with Gasteiger partial charge in [0, 0.05) is 38.1 Å². The van der Waals surface area contributed by atoms with E-state index < -0.39 is 11.5 Å². The molecule has 4 rings (SSSR count). The van der Waals surface area contributed by atoms with Gasteiger partial charge in [0.2, 0.25) is 0 Å². The highest BCUT2D eigenvalue weighted by Crippen LogP contribution is 2.20. The Morgan fingerprint density at radius 1 is 1.24 bits per heavy atom. The van der Waals surface area contributed by atoms with Gasteiger partial charge in [-0.1, -0.05) is 24.3 Å². The van der Waals surface area contributed by atoms with E-state index >= 15 is 0 Å². The summed E-state index contributed by atoms with van der Waals surface area (Å²) in [7, 11) is 0. The summed E-state index contributed by atoms with van der Waals surface area (Å²) in [5, 5.41) is 2.85. The highest BCUT2D eigenvalue weighted by Gasteiger charge is 2.21. The number of aromatic amines is 1. The Kier molecular flexibility index (Phi) is 5.44. The van der Waals surface area contributed by atoms with E-state index in [1.54, 1.807) is 12.3 Å². The number of amides is 1. The van der Waals surface area contributed by atoms with Crippen LogP contribution in [0.25, 0.3) is 11.5 Å². The lowest BCUT2D eigenvalue weighted by molar-refractivity contribution is 0.0930. The zero-order chi connectivity index (χ0) is 20.2. The Morgan fingerprint density at radius 2 is 2.07 bits per heavy atom. The number of H-pyrrole nitrogens is 1. The molecule has 1 amide bonds. The van der Waals surface area contributed by atoms with Crippen molar-refractivity contribution in [3.8, 4) is 11.5 Å². The number of aromatic nitrogens is 4. The third-order valence-electron chi connectivity index (χ3n) is 5.21. The number of carbonyl (C=O) groups excluding carboxylic acids is 1. The summed E-state index contributed by atoms with van der Waals surface area (Å²) >= 11 is 0. The average molecular weight is 390 g/mol. The van der Waals surface area contributed by atoms with Crippen molar-refractivity contribution in [2.45, 2.75) is 25.9 Å². The van der Waals surface area contributed by atoms with E-state index in [0.717, 1.165) is 19.5 Å². The number of hydrogen-bond acceptors (Lipinski definition) is 6. The van der Waals surface area contributed by atoms with Crippen LogP contribution in [0.2, 0.25) is 0 Å². The van der Waals surface area contributed by atoms with E-state index in [1.807, 2.05) is 0 Å². The van der Waals surface area contributed by atoms with Crippen molar-refractivity contribution in [2.24, 2.45) is 0 Å². The van der Waals surface area contributed by atoms with Gasteiger partial charge in [-0.05, 0) is 30.5 Å². The average Bonchev–Trinajstić information content (AvgIpc) is 2.77. The lowest BCUT2D eigenvalue weighted by Crippen LogP contribution is -2.45. The van der Waals surface area contributed by atoms with Crippen molar-refractivity contribution in [1.82, 2.24) is 30.2 Å². The van der Waals surface area contributed by atoms with Gasteiger partial charge in [0.05, 0.1) is 0 Å². The molecule has 8 nitrogen and oxygen atoms in total. The van der Waals surface area contributed by atoms with Crippen molar-refractivity contribution in [3.63, 3.8) is 0 Å². The Balaban J connectivity index is 1.38. The maximum Gasteiger partial charge on any atom is 0.264 e. The fraction of sp³-hybridized carbons (Fsp3) is 0.286. The monoisotopic (exact) mass is 390 g/mol. The van der Waals surface area contributed by atoms with E-state index in [2.05, 4.69) is 61.3 Å². The van der Waals surface area contributed by atoms with Gasteiger partial charge < -0.3 is 10.3 Å². The van der Waals surface area contributed by atoms with Crippen molar-refractivity contribution in [1.29, 1.82) is 0 Å². The number of hydrogen-bond donors (Lipinski definition) is 2. The minimum Gasteiger partial charge on any atom is -0.350 e. The fourth-order valence-electron chi connectivity index (χ4n) is 3.48. The molecule has 3 heterocycles. The molecule has 2 N–H and O–H groups in total. The topological polar surface area (TPSA) is 104 Å². The summed E-state index contributed by atoms with van der Waals surface area (Å²) in [5.41, 5.74) is 2.70. The van der Waals surface area contributed by atoms with E-state index in [-0.39, 0.29) is 11.6 Å². The standard InChI is InChI=1S/C21H22N6O2/c1-14(27-9-7-15-4-2-3-5-16(15)12-27)10-24-20(28)17-11-23-19(26-21(17)29)18-6-8-22-13-25-18/h2-6,8,11,13-14H,7,9-10,12H2,1H3,(H,24,28)(H,23,26,29). The van der Waals surface area contributed by atoms with Crippen molar-refractivity contribution in [2.75, 3.05) is 13.1 Å². The summed E-state index contributed by atoms with van der Waals surface area (Å²) in [6, 6.07) is 10.2. The van der Waals surface area contributed by atoms with Crippen molar-refractivity contribution in [3.05, 3.63) is 76.1 Å². The summed E-state index contributed by atoms with van der Waals surface area (Å²) in [6.07, 6.45) is 5.22. The van der Waals surface area contributed by atoms with E-state index in [1.165, 1.54) is 23.7 Å². The maximum absolute atomic E-state index is 12.5. The summed E-state index contributed by atoms with van der Waals surface area (Å²) in [4.78, 5) is 41.8. The first-order valence-corrected chi connectivity index (χ1v) is 9.56. The second-order valence-electron chi connectivity index (χ2n) is 7.12. The summed E-state index contributed by atoms with van der Waals surface area (Å²) < 4.78 is 0. The van der Waals surface area contributed by atoms with E-state index in [0.29, 0.717) is 18.1 Å². The van der Waals surface area contributed by atoms with Gasteiger partial charge in [0.15, 0.2) is 5.82 Å². The zero-order valence-electron chi connectivity index (χ0n) is 16.1. The van der Waals surface area contributed by atoms with Gasteiger partial charge >= 0.3 is 0 Å². The molecule has 0 fully saturated rings. The van der Waals surface area contributed by atoms with Gasteiger partial charge in [-0.2, -0.15) is 0 Å². The lowest BCUT2D eigenvalue weighted by atomic mass is 9.99. The van der Waals surface area contributed by atoms with Crippen LogP contribution in [0.1, 0.15) is 28.4 Å². The van der Waals surface area contributed by atoms with Crippen LogP contribution in [0, 0.1) is 0 Å². The molecule has 1 unspecified atom stereocenters. The molecule has 8 heteroatoms. The van der Waals surface area contributed by atoms with Gasteiger partial charge in [-0.15, -0.1) is 0 Å². The molecule has 0 radical (unpaired) electrons. The van der Waals surface area contributed by atoms with Crippen LogP contribution < -0.4 is 10.9 Å². The van der Waals surface area contributed by atoms with Gasteiger partial charge in [-0.3, -0.25) is 14.5 Å². The van der Waals surface area contributed by atoms with Gasteiger partial charge in [0.25, 0.3) is 11.5 Å². The normalized spacial score (nSPS) is 14.8. The van der Waals surface area contributed by atoms with Crippen LogP contribution in [-0.2, 0) is 13.0 Å². The molecular formula is C21H22N6O2. The van der Waals surface area contributed by atoms with Crippen LogP contribution >= 0.6 is 0 Å². The quantitative estimate of drug-likeness (QED) is 0.683. The Morgan fingerprint density at radius 3 is 2.83 bits per heavy atom. The van der Waals surface area contributed by atoms with Crippen LogP contribution in [0.3, 0.4) is 0 Å². The van der Waals surface area contributed by atoms with Crippen molar-refractivity contribution >= 4 is 5.91 Å². The second kappa shape index (κ2) is 8.32. The third-order valence-corrected chi connectivity index (χ3v) is 5.21. The lowest BCUT2D eigenvalue weighted by Gasteiger charge is -2.33. The summed E-state index contributed by atoms with van der Waals surface area (Å²) in [6.45, 7) is 4.34. The Bertz CT molecular complexity index is 1070. The fourth-order valence-corrected chi connectivity index (χ4v) is 3.48. The summed E-state index contributed by atoms with van der Waals surface area (Å²) in [5.74, 6) is -0.133. The zero-order valence-corrected chi connectivity index (χ0v) is 16.1. The molecule has 1 aliphatic heterocycles. The number of benzene rings is 1. The Labute approximate surface area is 168 Å². The molecular weight excluding hydrogens is 368 g/mol. The predicted molar refractivity (Wildman–Crippen MR) is 108 cm³/mol. The molecule has 1 aliphatic rings. The van der Waals surface area contributed by atoms with Gasteiger partial charge in [-0.25, -0.2) is 15.0 Å². The molecule has 0 aliphatic carbocycles. The predicted octanol–water partition coefficient (Wildman–Crippen LogP) is 1.40. The second-order valence-corrected chi connectivity index (χ2v) is 7.12. The molecule has 0 spiro atoms. The molecule has 0 bridgehead atoms. The molecule has 2 aromatic heterocycles. The van der Waals surface area contributed by atoms with Crippen molar-refractivity contribution < 1.29 is 4.79 Å². The molecule has 148 valence electrons. The van der Waals surface area contributed by atoms with Crippen LogP contribution in [0.15, 0.2) is 53.8 Å². The number of carbonyl (C=O) groups is 1. The van der Waals surface area contributed by atoms with E-state index in [4.69, 9.17) is 0 Å². The minimum atomic E-state index is -0.495. The van der Waals surface area contributed by atoms with Crippen LogP contribution in [0.5, 0.6) is 0 Å². The molecule has 0 saturated heterocycles. The highest BCUT2D eigenvalue weighted by molar-refractivity contribution is 5.93. The first kappa shape index (κ1) is 18.9. The van der Waals surface area contributed by atoms with Crippen LogP contribution in [0.4, 0.5) is 0 Å². The SMILES string of the molecule is CC(CNC(=O)c1cnc(-c2ccncn2)[nH]c1=O)N1CCc2ccccc2C1. The first-order chi connectivity index (χ1) is 14.1. The smallest absolute Gasteiger partial charge is 0.264 e. The maximum atomic E-state index is 12.5.